The van der Waals surface area contributed by atoms with Gasteiger partial charge in [0.25, 0.3) is 0 Å². The lowest BCUT2D eigenvalue weighted by Gasteiger charge is -2.15. The van der Waals surface area contributed by atoms with Gasteiger partial charge in [0.1, 0.15) is 6.10 Å². The molecule has 0 bridgehead atoms. The average Bonchev–Trinajstić information content (AvgIpc) is 2.01. The standard InChI is InChI=1S/C12H20O/c1-11(2)10-13-12-8-6-4-3-5-7-9-12/h11-12H,3-6,8,10H2,1-2H3. The predicted molar refractivity (Wildman–Crippen MR) is 55.4 cm³/mol. The van der Waals surface area contributed by atoms with Crippen LogP contribution < -0.4 is 0 Å². The van der Waals surface area contributed by atoms with Crippen LogP contribution >= 0.6 is 0 Å². The quantitative estimate of drug-likeness (QED) is 0.607. The molecular weight excluding hydrogens is 160 g/mol. The van der Waals surface area contributed by atoms with E-state index in [2.05, 4.69) is 25.7 Å². The minimum Gasteiger partial charge on any atom is -0.365 e. The van der Waals surface area contributed by atoms with Gasteiger partial charge in [0.15, 0.2) is 0 Å². The van der Waals surface area contributed by atoms with E-state index in [9.17, 15) is 0 Å². The molecule has 0 fully saturated rings. The van der Waals surface area contributed by atoms with Crippen LogP contribution in [0.1, 0.15) is 46.0 Å². The van der Waals surface area contributed by atoms with Crippen molar-refractivity contribution in [2.75, 3.05) is 6.61 Å². The molecule has 0 N–H and O–H groups in total. The van der Waals surface area contributed by atoms with Crippen molar-refractivity contribution < 1.29 is 4.74 Å². The Morgan fingerprint density at radius 2 is 2.15 bits per heavy atom. The first-order valence-electron chi connectivity index (χ1n) is 5.39. The van der Waals surface area contributed by atoms with Crippen molar-refractivity contribution in [2.24, 2.45) is 5.92 Å². The van der Waals surface area contributed by atoms with Crippen LogP contribution in [0.25, 0.3) is 0 Å². The van der Waals surface area contributed by atoms with Gasteiger partial charge >= 0.3 is 0 Å². The molecule has 1 aliphatic carbocycles. The number of rotatable bonds is 3. The average molecular weight is 180 g/mol. The molecule has 0 spiro atoms. The lowest BCUT2D eigenvalue weighted by atomic mass is 10.1. The first-order chi connectivity index (χ1) is 6.29. The van der Waals surface area contributed by atoms with Crippen LogP contribution in [0.4, 0.5) is 0 Å². The van der Waals surface area contributed by atoms with Crippen molar-refractivity contribution in [1.82, 2.24) is 0 Å². The van der Waals surface area contributed by atoms with Gasteiger partial charge < -0.3 is 4.74 Å². The fraction of sp³-hybridized carbons (Fsp3) is 0.833. The zero-order valence-electron chi connectivity index (χ0n) is 8.81. The first-order valence-corrected chi connectivity index (χ1v) is 5.39. The van der Waals surface area contributed by atoms with E-state index in [1.165, 1.54) is 19.3 Å². The zero-order valence-corrected chi connectivity index (χ0v) is 8.81. The minimum absolute atomic E-state index is 0.211. The van der Waals surface area contributed by atoms with Crippen LogP contribution in [0.15, 0.2) is 0 Å². The summed E-state index contributed by atoms with van der Waals surface area (Å²) in [6.45, 7) is 5.20. The highest BCUT2D eigenvalue weighted by atomic mass is 16.5. The molecule has 0 saturated heterocycles. The van der Waals surface area contributed by atoms with E-state index in [1.807, 2.05) is 0 Å². The van der Waals surface area contributed by atoms with Crippen molar-refractivity contribution in [1.29, 1.82) is 0 Å². The Morgan fingerprint density at radius 3 is 2.92 bits per heavy atom. The molecule has 1 nitrogen and oxygen atoms in total. The highest BCUT2D eigenvalue weighted by Crippen LogP contribution is 2.11. The minimum atomic E-state index is 0.211. The SMILES string of the molecule is CC(C)COC1C#CCCCCC1. The highest BCUT2D eigenvalue weighted by Gasteiger charge is 2.07. The van der Waals surface area contributed by atoms with Crippen molar-refractivity contribution in [3.05, 3.63) is 0 Å². The molecule has 1 rings (SSSR count). The summed E-state index contributed by atoms with van der Waals surface area (Å²) < 4.78 is 5.71. The summed E-state index contributed by atoms with van der Waals surface area (Å²) in [5, 5.41) is 0. The third kappa shape index (κ3) is 4.95. The molecule has 0 aromatic rings. The van der Waals surface area contributed by atoms with Crippen LogP contribution in [0.5, 0.6) is 0 Å². The molecule has 1 atom stereocenters. The Bertz CT molecular complexity index is 185. The second-order valence-electron chi connectivity index (χ2n) is 4.14. The van der Waals surface area contributed by atoms with Gasteiger partial charge in [0.05, 0.1) is 6.61 Å². The van der Waals surface area contributed by atoms with Gasteiger partial charge in [-0.2, -0.15) is 0 Å². The third-order valence-electron chi connectivity index (χ3n) is 2.16. The maximum Gasteiger partial charge on any atom is 0.118 e. The second kappa shape index (κ2) is 6.05. The van der Waals surface area contributed by atoms with Crippen LogP contribution in [-0.4, -0.2) is 12.7 Å². The summed E-state index contributed by atoms with van der Waals surface area (Å²) in [5.74, 6) is 7.01. The summed E-state index contributed by atoms with van der Waals surface area (Å²) in [5.41, 5.74) is 0. The number of ether oxygens (including phenoxy) is 1. The lowest BCUT2D eigenvalue weighted by molar-refractivity contribution is 0.0638. The van der Waals surface area contributed by atoms with Gasteiger partial charge in [-0.3, -0.25) is 0 Å². The molecular formula is C12H20O. The molecule has 1 heteroatoms. The third-order valence-corrected chi connectivity index (χ3v) is 2.16. The topological polar surface area (TPSA) is 9.23 Å². The molecule has 0 radical (unpaired) electrons. The molecule has 0 heterocycles. The number of hydrogen-bond donors (Lipinski definition) is 0. The summed E-state index contributed by atoms with van der Waals surface area (Å²) in [6.07, 6.45) is 6.25. The van der Waals surface area contributed by atoms with E-state index in [-0.39, 0.29) is 6.10 Å². The first kappa shape index (κ1) is 10.6. The predicted octanol–water partition coefficient (Wildman–Crippen LogP) is 3.00. The summed E-state index contributed by atoms with van der Waals surface area (Å²) in [6, 6.07) is 0. The van der Waals surface area contributed by atoms with Gasteiger partial charge in [0, 0.05) is 6.42 Å². The Kier molecular flexibility index (Phi) is 4.93. The fourth-order valence-electron chi connectivity index (χ4n) is 1.41. The molecule has 0 aromatic heterocycles. The van der Waals surface area contributed by atoms with Crippen molar-refractivity contribution in [3.63, 3.8) is 0 Å². The van der Waals surface area contributed by atoms with Crippen LogP contribution in [0, 0.1) is 17.8 Å². The van der Waals surface area contributed by atoms with E-state index in [4.69, 9.17) is 4.74 Å². The fourth-order valence-corrected chi connectivity index (χ4v) is 1.41. The molecule has 0 aromatic carbocycles. The molecule has 13 heavy (non-hydrogen) atoms. The number of hydrogen-bond acceptors (Lipinski definition) is 1. The summed E-state index contributed by atoms with van der Waals surface area (Å²) >= 11 is 0. The molecule has 1 unspecified atom stereocenters. The second-order valence-corrected chi connectivity index (χ2v) is 4.14. The van der Waals surface area contributed by atoms with E-state index in [0.717, 1.165) is 19.4 Å². The highest BCUT2D eigenvalue weighted by molar-refractivity contribution is 5.06. The summed E-state index contributed by atoms with van der Waals surface area (Å²) in [4.78, 5) is 0. The molecule has 74 valence electrons. The molecule has 0 amide bonds. The molecule has 0 aliphatic heterocycles. The maximum absolute atomic E-state index is 5.71. The van der Waals surface area contributed by atoms with Gasteiger partial charge in [-0.15, -0.1) is 5.92 Å². The summed E-state index contributed by atoms with van der Waals surface area (Å²) in [7, 11) is 0. The van der Waals surface area contributed by atoms with E-state index in [0.29, 0.717) is 5.92 Å². The molecule has 0 saturated carbocycles. The van der Waals surface area contributed by atoms with E-state index < -0.39 is 0 Å². The van der Waals surface area contributed by atoms with E-state index >= 15 is 0 Å². The molecule has 1 aliphatic rings. The smallest absolute Gasteiger partial charge is 0.118 e. The van der Waals surface area contributed by atoms with Gasteiger partial charge in [-0.25, -0.2) is 0 Å². The van der Waals surface area contributed by atoms with Gasteiger partial charge in [-0.05, 0) is 25.2 Å². The Hall–Kier alpha value is -0.480. The Labute approximate surface area is 81.9 Å². The van der Waals surface area contributed by atoms with Crippen LogP contribution in [-0.2, 0) is 4.74 Å². The monoisotopic (exact) mass is 180 g/mol. The lowest BCUT2D eigenvalue weighted by Crippen LogP contribution is -2.15. The van der Waals surface area contributed by atoms with Crippen LogP contribution in [0.2, 0.25) is 0 Å². The van der Waals surface area contributed by atoms with E-state index in [1.54, 1.807) is 0 Å². The Morgan fingerprint density at radius 1 is 1.31 bits per heavy atom. The Balaban J connectivity index is 2.28. The van der Waals surface area contributed by atoms with Crippen molar-refractivity contribution >= 4 is 0 Å². The van der Waals surface area contributed by atoms with Crippen molar-refractivity contribution in [3.8, 4) is 11.8 Å². The normalized spacial score (nSPS) is 23.2. The maximum atomic E-state index is 5.71. The van der Waals surface area contributed by atoms with Gasteiger partial charge in [-0.1, -0.05) is 26.2 Å². The van der Waals surface area contributed by atoms with Gasteiger partial charge in [0.2, 0.25) is 0 Å². The largest absolute Gasteiger partial charge is 0.365 e. The van der Waals surface area contributed by atoms with Crippen LogP contribution in [0.3, 0.4) is 0 Å². The van der Waals surface area contributed by atoms with Crippen molar-refractivity contribution in [2.45, 2.75) is 52.1 Å². The zero-order chi connectivity index (χ0) is 9.52.